The maximum atomic E-state index is 3.44. The van der Waals surface area contributed by atoms with Crippen molar-refractivity contribution in [2.75, 3.05) is 13.1 Å². The molecule has 0 rings (SSSR count). The molecule has 1 heteroatoms. The van der Waals surface area contributed by atoms with Crippen LogP contribution >= 0.6 is 0 Å². The Morgan fingerprint density at radius 1 is 1.09 bits per heavy atom. The van der Waals surface area contributed by atoms with Crippen LogP contribution in [0, 0.1) is 5.41 Å². The van der Waals surface area contributed by atoms with Gasteiger partial charge in [0.15, 0.2) is 0 Å². The van der Waals surface area contributed by atoms with Gasteiger partial charge in [-0.15, -0.1) is 0 Å². The molecular weight excluding hydrogens is 134 g/mol. The predicted octanol–water partition coefficient (Wildman–Crippen LogP) is 2.81. The van der Waals surface area contributed by atoms with Gasteiger partial charge in [0, 0.05) is 0 Å². The SMILES string of the molecule is CCCCNCCC(C)(C)C. The smallest absolute Gasteiger partial charge is 0.00439 e. The van der Waals surface area contributed by atoms with Gasteiger partial charge in [-0.05, 0) is 31.3 Å². The van der Waals surface area contributed by atoms with Crippen LogP contribution in [0.15, 0.2) is 0 Å². The topological polar surface area (TPSA) is 12.0 Å². The highest BCUT2D eigenvalue weighted by atomic mass is 14.8. The maximum Gasteiger partial charge on any atom is -0.00439 e. The molecule has 0 atom stereocenters. The molecule has 1 nitrogen and oxygen atoms in total. The second kappa shape index (κ2) is 5.59. The van der Waals surface area contributed by atoms with E-state index < -0.39 is 0 Å². The minimum absolute atomic E-state index is 0.485. The average Bonchev–Trinajstić information content (AvgIpc) is 1.85. The third-order valence-electron chi connectivity index (χ3n) is 1.76. The molecule has 1 N–H and O–H groups in total. The lowest BCUT2D eigenvalue weighted by molar-refractivity contribution is 0.366. The third kappa shape index (κ3) is 9.96. The molecule has 0 aromatic carbocycles. The van der Waals surface area contributed by atoms with Crippen molar-refractivity contribution >= 4 is 0 Å². The number of hydrogen-bond acceptors (Lipinski definition) is 1. The summed E-state index contributed by atoms with van der Waals surface area (Å²) in [7, 11) is 0. The van der Waals surface area contributed by atoms with Crippen LogP contribution in [0.1, 0.15) is 47.0 Å². The second-order valence-electron chi connectivity index (χ2n) is 4.41. The molecule has 68 valence electrons. The van der Waals surface area contributed by atoms with Crippen LogP contribution in [0.3, 0.4) is 0 Å². The molecule has 0 saturated carbocycles. The summed E-state index contributed by atoms with van der Waals surface area (Å²) in [6.45, 7) is 11.4. The van der Waals surface area contributed by atoms with Gasteiger partial charge in [0.25, 0.3) is 0 Å². The zero-order chi connectivity index (χ0) is 8.74. The van der Waals surface area contributed by atoms with Gasteiger partial charge in [-0.2, -0.15) is 0 Å². The van der Waals surface area contributed by atoms with Crippen LogP contribution in [0.4, 0.5) is 0 Å². The van der Waals surface area contributed by atoms with E-state index in [0.29, 0.717) is 5.41 Å². The molecule has 0 aromatic rings. The van der Waals surface area contributed by atoms with E-state index in [0.717, 1.165) is 0 Å². The lowest BCUT2D eigenvalue weighted by atomic mass is 9.92. The summed E-state index contributed by atoms with van der Waals surface area (Å²) < 4.78 is 0. The molecule has 11 heavy (non-hydrogen) atoms. The first kappa shape index (κ1) is 11.0. The van der Waals surface area contributed by atoms with Gasteiger partial charge in [0.05, 0.1) is 0 Å². The summed E-state index contributed by atoms with van der Waals surface area (Å²) in [5.74, 6) is 0. The normalized spacial score (nSPS) is 12.0. The summed E-state index contributed by atoms with van der Waals surface area (Å²) in [5.41, 5.74) is 0.485. The fraction of sp³-hybridized carbons (Fsp3) is 1.00. The molecule has 0 fully saturated rings. The zero-order valence-corrected chi connectivity index (χ0v) is 8.54. The lowest BCUT2D eigenvalue weighted by Gasteiger charge is -2.17. The molecule has 0 aromatic heterocycles. The third-order valence-corrected chi connectivity index (χ3v) is 1.76. The van der Waals surface area contributed by atoms with E-state index >= 15 is 0 Å². The molecule has 0 aliphatic carbocycles. The van der Waals surface area contributed by atoms with Crippen molar-refractivity contribution < 1.29 is 0 Å². The summed E-state index contributed by atoms with van der Waals surface area (Å²) in [6, 6.07) is 0. The van der Waals surface area contributed by atoms with Gasteiger partial charge in [-0.25, -0.2) is 0 Å². The van der Waals surface area contributed by atoms with Crippen LogP contribution in [-0.4, -0.2) is 13.1 Å². The van der Waals surface area contributed by atoms with Crippen LogP contribution in [0.25, 0.3) is 0 Å². The van der Waals surface area contributed by atoms with E-state index in [2.05, 4.69) is 33.0 Å². The molecule has 0 spiro atoms. The van der Waals surface area contributed by atoms with Gasteiger partial charge in [-0.3, -0.25) is 0 Å². The summed E-state index contributed by atoms with van der Waals surface area (Å²) in [5, 5.41) is 3.44. The highest BCUT2D eigenvalue weighted by Gasteiger charge is 2.07. The van der Waals surface area contributed by atoms with Crippen molar-refractivity contribution in [2.45, 2.75) is 47.0 Å². The molecule has 0 unspecified atom stereocenters. The quantitative estimate of drug-likeness (QED) is 0.605. The van der Waals surface area contributed by atoms with E-state index in [4.69, 9.17) is 0 Å². The Balaban J connectivity index is 3.02. The molecule has 0 aliphatic rings. The lowest BCUT2D eigenvalue weighted by Crippen LogP contribution is -2.21. The van der Waals surface area contributed by atoms with Gasteiger partial charge in [0.2, 0.25) is 0 Å². The Labute approximate surface area is 71.6 Å². The van der Waals surface area contributed by atoms with Gasteiger partial charge < -0.3 is 5.32 Å². The van der Waals surface area contributed by atoms with E-state index in [-0.39, 0.29) is 0 Å². The highest BCUT2D eigenvalue weighted by Crippen LogP contribution is 2.16. The van der Waals surface area contributed by atoms with Crippen LogP contribution in [0.2, 0.25) is 0 Å². The Morgan fingerprint density at radius 2 is 1.73 bits per heavy atom. The fourth-order valence-corrected chi connectivity index (χ4v) is 0.890. The summed E-state index contributed by atoms with van der Waals surface area (Å²) >= 11 is 0. The van der Waals surface area contributed by atoms with Crippen molar-refractivity contribution in [2.24, 2.45) is 5.41 Å². The number of nitrogens with one attached hydrogen (secondary N) is 1. The molecule has 0 radical (unpaired) electrons. The van der Waals surface area contributed by atoms with Crippen molar-refractivity contribution in [3.63, 3.8) is 0 Å². The largest absolute Gasteiger partial charge is 0.317 e. The minimum atomic E-state index is 0.485. The Bertz CT molecular complexity index is 81.4. The Kier molecular flexibility index (Phi) is 5.57. The van der Waals surface area contributed by atoms with Crippen LogP contribution in [-0.2, 0) is 0 Å². The molecular formula is C10H23N. The Hall–Kier alpha value is -0.0400. The maximum absolute atomic E-state index is 3.44. The molecule has 0 amide bonds. The predicted molar refractivity (Wildman–Crippen MR) is 51.8 cm³/mol. The minimum Gasteiger partial charge on any atom is -0.317 e. The van der Waals surface area contributed by atoms with E-state index in [9.17, 15) is 0 Å². The van der Waals surface area contributed by atoms with Gasteiger partial charge >= 0.3 is 0 Å². The molecule has 0 heterocycles. The zero-order valence-electron chi connectivity index (χ0n) is 8.54. The standard InChI is InChI=1S/C10H23N/c1-5-6-8-11-9-7-10(2,3)4/h11H,5-9H2,1-4H3. The van der Waals surface area contributed by atoms with Crippen molar-refractivity contribution in [3.05, 3.63) is 0 Å². The average molecular weight is 157 g/mol. The van der Waals surface area contributed by atoms with Gasteiger partial charge in [0.1, 0.15) is 0 Å². The van der Waals surface area contributed by atoms with E-state index in [1.54, 1.807) is 0 Å². The first-order chi connectivity index (χ1) is 5.06. The highest BCUT2D eigenvalue weighted by molar-refractivity contribution is 4.62. The molecule has 0 bridgehead atoms. The van der Waals surface area contributed by atoms with E-state index in [1.807, 2.05) is 0 Å². The van der Waals surface area contributed by atoms with Crippen LogP contribution in [0.5, 0.6) is 0 Å². The number of hydrogen-bond donors (Lipinski definition) is 1. The monoisotopic (exact) mass is 157 g/mol. The van der Waals surface area contributed by atoms with E-state index in [1.165, 1.54) is 32.4 Å². The summed E-state index contributed by atoms with van der Waals surface area (Å²) in [6.07, 6.45) is 3.88. The number of unbranched alkanes of at least 4 members (excludes halogenated alkanes) is 1. The van der Waals surface area contributed by atoms with Crippen molar-refractivity contribution in [1.29, 1.82) is 0 Å². The van der Waals surface area contributed by atoms with Crippen molar-refractivity contribution in [3.8, 4) is 0 Å². The summed E-state index contributed by atoms with van der Waals surface area (Å²) in [4.78, 5) is 0. The second-order valence-corrected chi connectivity index (χ2v) is 4.41. The Morgan fingerprint density at radius 3 is 2.18 bits per heavy atom. The van der Waals surface area contributed by atoms with Crippen LogP contribution < -0.4 is 5.32 Å². The first-order valence-electron chi connectivity index (χ1n) is 4.77. The van der Waals surface area contributed by atoms with Crippen molar-refractivity contribution in [1.82, 2.24) is 5.32 Å². The first-order valence-corrected chi connectivity index (χ1v) is 4.77. The van der Waals surface area contributed by atoms with Gasteiger partial charge in [-0.1, -0.05) is 34.1 Å². The molecule has 0 aliphatic heterocycles. The fourth-order valence-electron chi connectivity index (χ4n) is 0.890. The number of rotatable bonds is 5. The molecule has 0 saturated heterocycles.